The minimum atomic E-state index is -3.26. The number of carbonyl (C=O) groups is 2. The summed E-state index contributed by atoms with van der Waals surface area (Å²) < 4.78 is 70.0. The molecule has 0 spiro atoms. The zero-order valence-corrected chi connectivity index (χ0v) is 16.4. The van der Waals surface area contributed by atoms with Crippen LogP contribution in [0.1, 0.15) is 18.4 Å². The number of rotatable bonds is 3. The monoisotopic (exact) mass is 459 g/mol. The molecule has 3 heterocycles. The lowest BCUT2D eigenvalue weighted by Crippen LogP contribution is -2.59. The first-order valence-corrected chi connectivity index (χ1v) is 9.71. The van der Waals surface area contributed by atoms with Crippen molar-refractivity contribution in [2.24, 2.45) is 0 Å². The van der Waals surface area contributed by atoms with E-state index in [1.165, 1.54) is 0 Å². The van der Waals surface area contributed by atoms with Crippen LogP contribution in [-0.4, -0.2) is 63.0 Å². The van der Waals surface area contributed by atoms with E-state index in [2.05, 4.69) is 5.32 Å². The molecule has 0 aromatic heterocycles. The molecular weight excluding hydrogens is 441 g/mol. The SMILES string of the molecule is O=C(NCc1c(F)cc(F)cc1F)C1=CN2C(=C(O)C1O)C(=O)N1CCCC(F)(F)C2C1. The molecule has 7 nitrogen and oxygen atoms in total. The van der Waals surface area contributed by atoms with Gasteiger partial charge in [0, 0.05) is 50.0 Å². The van der Waals surface area contributed by atoms with Gasteiger partial charge in [0.1, 0.15) is 35.3 Å². The Kier molecular flexibility index (Phi) is 5.35. The van der Waals surface area contributed by atoms with Crippen molar-refractivity contribution in [3.8, 4) is 0 Å². The zero-order chi connectivity index (χ0) is 23.4. The highest BCUT2D eigenvalue weighted by Crippen LogP contribution is 2.40. The van der Waals surface area contributed by atoms with E-state index in [9.17, 15) is 41.8 Å². The molecule has 2 fully saturated rings. The number of aliphatic hydroxyl groups excluding tert-OH is 2. The standard InChI is InChI=1S/C20H18F5N3O4/c21-9-4-12(22)10(13(23)5-9)6-26-18(31)11-7-28-14-8-27(3-1-2-20(14,24)25)19(32)15(28)17(30)16(11)29/h4-5,7,14,16,29-30H,1-3,6,8H2,(H,26,31). The van der Waals surface area contributed by atoms with Gasteiger partial charge in [0.25, 0.3) is 17.7 Å². The van der Waals surface area contributed by atoms with Crippen molar-refractivity contribution in [2.45, 2.75) is 37.5 Å². The van der Waals surface area contributed by atoms with Crippen molar-refractivity contribution in [1.82, 2.24) is 15.1 Å². The smallest absolute Gasteiger partial charge is 0.274 e. The first-order valence-electron chi connectivity index (χ1n) is 9.71. The molecule has 2 unspecified atom stereocenters. The number of fused-ring (bicyclic) bond motifs is 4. The molecule has 12 heteroatoms. The Morgan fingerprint density at radius 2 is 1.88 bits per heavy atom. The number of aliphatic hydroxyl groups is 2. The molecule has 0 aliphatic carbocycles. The maximum atomic E-state index is 14.7. The third kappa shape index (κ3) is 3.57. The van der Waals surface area contributed by atoms with E-state index in [0.717, 1.165) is 16.0 Å². The van der Waals surface area contributed by atoms with Gasteiger partial charge in [-0.05, 0) is 6.42 Å². The Labute approximate surface area is 178 Å². The number of amides is 2. The fourth-order valence-electron chi connectivity index (χ4n) is 4.09. The molecule has 0 saturated carbocycles. The van der Waals surface area contributed by atoms with Crippen molar-refractivity contribution in [2.75, 3.05) is 13.1 Å². The molecule has 172 valence electrons. The van der Waals surface area contributed by atoms with Gasteiger partial charge >= 0.3 is 0 Å². The van der Waals surface area contributed by atoms with E-state index in [1.54, 1.807) is 0 Å². The maximum absolute atomic E-state index is 14.7. The van der Waals surface area contributed by atoms with E-state index < -0.39 is 82.9 Å². The van der Waals surface area contributed by atoms with Crippen molar-refractivity contribution >= 4 is 11.8 Å². The van der Waals surface area contributed by atoms with Gasteiger partial charge in [-0.25, -0.2) is 22.0 Å². The normalized spacial score (nSPS) is 24.7. The fraction of sp³-hybridized carbons (Fsp3) is 0.400. The number of hydrogen-bond donors (Lipinski definition) is 3. The summed E-state index contributed by atoms with van der Waals surface area (Å²) in [6.45, 7) is -1.04. The van der Waals surface area contributed by atoms with Gasteiger partial charge < -0.3 is 25.3 Å². The molecule has 2 atom stereocenters. The van der Waals surface area contributed by atoms with Gasteiger partial charge in [0.15, 0.2) is 5.76 Å². The van der Waals surface area contributed by atoms with Gasteiger partial charge in [0.2, 0.25) is 0 Å². The van der Waals surface area contributed by atoms with E-state index >= 15 is 0 Å². The summed E-state index contributed by atoms with van der Waals surface area (Å²) in [6, 6.07) is -0.749. The lowest BCUT2D eigenvalue weighted by molar-refractivity contribution is -0.138. The van der Waals surface area contributed by atoms with E-state index in [1.807, 2.05) is 0 Å². The lowest BCUT2D eigenvalue weighted by atomic mass is 9.95. The molecule has 2 saturated heterocycles. The first kappa shape index (κ1) is 22.1. The van der Waals surface area contributed by atoms with E-state index in [0.29, 0.717) is 12.1 Å². The molecule has 1 aromatic rings. The van der Waals surface area contributed by atoms with Crippen LogP contribution in [0.15, 0.2) is 35.4 Å². The molecule has 4 rings (SSSR count). The summed E-state index contributed by atoms with van der Waals surface area (Å²) in [5, 5.41) is 22.9. The van der Waals surface area contributed by atoms with Crippen LogP contribution in [0.2, 0.25) is 0 Å². The Bertz CT molecular complexity index is 1030. The van der Waals surface area contributed by atoms with Crippen LogP contribution in [-0.2, 0) is 16.1 Å². The predicted octanol–water partition coefficient (Wildman–Crippen LogP) is 1.69. The average Bonchev–Trinajstić information content (AvgIpc) is 2.84. The second-order valence-corrected chi connectivity index (χ2v) is 7.79. The maximum Gasteiger partial charge on any atom is 0.274 e. The summed E-state index contributed by atoms with van der Waals surface area (Å²) in [6.07, 6.45) is -1.67. The van der Waals surface area contributed by atoms with Gasteiger partial charge in [-0.3, -0.25) is 9.59 Å². The van der Waals surface area contributed by atoms with Gasteiger partial charge in [0.05, 0.1) is 5.57 Å². The van der Waals surface area contributed by atoms with Crippen LogP contribution in [0.5, 0.6) is 0 Å². The number of halogens is 5. The molecule has 2 amide bonds. The number of benzene rings is 1. The largest absolute Gasteiger partial charge is 0.507 e. The van der Waals surface area contributed by atoms with Crippen LogP contribution >= 0.6 is 0 Å². The van der Waals surface area contributed by atoms with Gasteiger partial charge in [-0.15, -0.1) is 0 Å². The third-order valence-corrected chi connectivity index (χ3v) is 5.77. The average molecular weight is 459 g/mol. The van der Waals surface area contributed by atoms with Crippen molar-refractivity contribution in [3.63, 3.8) is 0 Å². The molecular formula is C20H18F5N3O4. The molecule has 3 aliphatic rings. The van der Waals surface area contributed by atoms with Gasteiger partial charge in [-0.1, -0.05) is 0 Å². The van der Waals surface area contributed by atoms with Gasteiger partial charge in [-0.2, -0.15) is 0 Å². The first-order chi connectivity index (χ1) is 15.0. The summed E-state index contributed by atoms with van der Waals surface area (Å²) in [5.74, 6) is -9.80. The summed E-state index contributed by atoms with van der Waals surface area (Å²) in [5.41, 5.74) is -1.82. The Hall–Kier alpha value is -3.15. The Morgan fingerprint density at radius 3 is 2.53 bits per heavy atom. The minimum absolute atomic E-state index is 0.0333. The van der Waals surface area contributed by atoms with E-state index in [4.69, 9.17) is 0 Å². The number of nitrogens with one attached hydrogen (secondary N) is 1. The molecule has 3 N–H and O–H groups in total. The minimum Gasteiger partial charge on any atom is -0.507 e. The van der Waals surface area contributed by atoms with Crippen LogP contribution < -0.4 is 5.32 Å². The highest BCUT2D eigenvalue weighted by Gasteiger charge is 2.53. The molecule has 3 aliphatic heterocycles. The quantitative estimate of drug-likeness (QED) is 0.599. The summed E-state index contributed by atoms with van der Waals surface area (Å²) in [4.78, 5) is 27.2. The topological polar surface area (TPSA) is 93.1 Å². The zero-order valence-electron chi connectivity index (χ0n) is 16.4. The van der Waals surface area contributed by atoms with Crippen LogP contribution in [0.4, 0.5) is 22.0 Å². The summed E-state index contributed by atoms with van der Waals surface area (Å²) >= 11 is 0. The second kappa shape index (κ2) is 7.76. The Morgan fingerprint density at radius 1 is 1.22 bits per heavy atom. The van der Waals surface area contributed by atoms with Crippen molar-refractivity contribution < 1.29 is 41.8 Å². The number of piperazine rings is 1. The fourth-order valence-corrected chi connectivity index (χ4v) is 4.09. The Balaban J connectivity index is 1.63. The second-order valence-electron chi connectivity index (χ2n) is 7.79. The van der Waals surface area contributed by atoms with Crippen molar-refractivity contribution in [1.29, 1.82) is 0 Å². The highest BCUT2D eigenvalue weighted by atomic mass is 19.3. The lowest BCUT2D eigenvalue weighted by Gasteiger charge is -2.45. The van der Waals surface area contributed by atoms with Crippen LogP contribution in [0.25, 0.3) is 0 Å². The van der Waals surface area contributed by atoms with Crippen LogP contribution in [0, 0.1) is 17.5 Å². The van der Waals surface area contributed by atoms with E-state index in [-0.39, 0.29) is 19.5 Å². The number of alkyl halides is 2. The van der Waals surface area contributed by atoms with Crippen molar-refractivity contribution in [3.05, 3.63) is 58.4 Å². The number of carbonyl (C=O) groups excluding carboxylic acids is 2. The molecule has 2 bridgehead atoms. The van der Waals surface area contributed by atoms with Crippen LogP contribution in [0.3, 0.4) is 0 Å². The number of hydrogen-bond acceptors (Lipinski definition) is 5. The number of nitrogens with zero attached hydrogens (tertiary/aromatic N) is 2. The highest BCUT2D eigenvalue weighted by molar-refractivity contribution is 5.99. The molecule has 32 heavy (non-hydrogen) atoms. The predicted molar refractivity (Wildman–Crippen MR) is 98.3 cm³/mol. The molecule has 0 radical (unpaired) electrons. The summed E-state index contributed by atoms with van der Waals surface area (Å²) in [7, 11) is 0. The molecule has 1 aromatic carbocycles. The third-order valence-electron chi connectivity index (χ3n) is 5.77.